The minimum atomic E-state index is -0.217. The Morgan fingerprint density at radius 1 is 1.06 bits per heavy atom. The SMILES string of the molecule is CC[C@@H](C)Oc1cccc(C(=O)Nc2ccc(N3CCN(C(=O)CC(C)C)CC3)c(Cl)c2)c1. The number of hydrogen-bond donors (Lipinski definition) is 1. The van der Waals surface area contributed by atoms with Gasteiger partial charge < -0.3 is 19.9 Å². The molecule has 0 bridgehead atoms. The fourth-order valence-corrected chi connectivity index (χ4v) is 4.05. The van der Waals surface area contributed by atoms with Gasteiger partial charge >= 0.3 is 0 Å². The van der Waals surface area contributed by atoms with E-state index in [9.17, 15) is 9.59 Å². The second kappa shape index (κ2) is 11.4. The van der Waals surface area contributed by atoms with Crippen LogP contribution >= 0.6 is 11.6 Å². The minimum absolute atomic E-state index is 0.0878. The number of halogens is 1. The molecule has 3 rings (SSSR count). The lowest BCUT2D eigenvalue weighted by Gasteiger charge is -2.36. The van der Waals surface area contributed by atoms with Gasteiger partial charge in [-0.15, -0.1) is 0 Å². The van der Waals surface area contributed by atoms with E-state index in [1.807, 2.05) is 36.1 Å². The molecule has 1 fully saturated rings. The number of piperazine rings is 1. The van der Waals surface area contributed by atoms with Crippen molar-refractivity contribution in [3.05, 3.63) is 53.1 Å². The first-order valence-corrected chi connectivity index (χ1v) is 12.0. The van der Waals surface area contributed by atoms with Gasteiger partial charge in [-0.2, -0.15) is 0 Å². The van der Waals surface area contributed by atoms with Crippen LogP contribution in [0.15, 0.2) is 42.5 Å². The molecule has 0 aromatic heterocycles. The Balaban J connectivity index is 1.60. The second-order valence-electron chi connectivity index (χ2n) is 8.95. The lowest BCUT2D eigenvalue weighted by Crippen LogP contribution is -2.49. The first-order chi connectivity index (χ1) is 15.8. The topological polar surface area (TPSA) is 61.9 Å². The van der Waals surface area contributed by atoms with Crippen LogP contribution in [0.3, 0.4) is 0 Å². The van der Waals surface area contributed by atoms with Gasteiger partial charge in [0.25, 0.3) is 5.91 Å². The molecule has 2 amide bonds. The van der Waals surface area contributed by atoms with Crippen LogP contribution in [0.1, 0.15) is 50.9 Å². The van der Waals surface area contributed by atoms with Gasteiger partial charge in [-0.1, -0.05) is 38.4 Å². The summed E-state index contributed by atoms with van der Waals surface area (Å²) in [5, 5.41) is 3.49. The van der Waals surface area contributed by atoms with Gasteiger partial charge in [0, 0.05) is 43.9 Å². The van der Waals surface area contributed by atoms with Crippen LogP contribution in [0.4, 0.5) is 11.4 Å². The van der Waals surface area contributed by atoms with Crippen molar-refractivity contribution in [2.45, 2.75) is 46.6 Å². The highest BCUT2D eigenvalue weighted by atomic mass is 35.5. The highest BCUT2D eigenvalue weighted by Crippen LogP contribution is 2.30. The number of nitrogens with one attached hydrogen (secondary N) is 1. The minimum Gasteiger partial charge on any atom is -0.491 e. The number of benzene rings is 2. The van der Waals surface area contributed by atoms with E-state index in [0.717, 1.165) is 25.2 Å². The number of carbonyl (C=O) groups is 2. The molecule has 0 saturated carbocycles. The summed E-state index contributed by atoms with van der Waals surface area (Å²) in [6, 6.07) is 12.7. The monoisotopic (exact) mass is 471 g/mol. The van der Waals surface area contributed by atoms with Crippen LogP contribution < -0.4 is 15.0 Å². The van der Waals surface area contributed by atoms with Crippen molar-refractivity contribution in [2.75, 3.05) is 36.4 Å². The number of nitrogens with zero attached hydrogens (tertiary/aromatic N) is 2. The Morgan fingerprint density at radius 2 is 1.79 bits per heavy atom. The van der Waals surface area contributed by atoms with E-state index in [0.29, 0.717) is 47.5 Å². The van der Waals surface area contributed by atoms with Crippen LogP contribution in [0.5, 0.6) is 5.75 Å². The zero-order chi connectivity index (χ0) is 24.0. The van der Waals surface area contributed by atoms with Gasteiger partial charge in [-0.05, 0) is 55.7 Å². The van der Waals surface area contributed by atoms with Gasteiger partial charge in [-0.3, -0.25) is 9.59 Å². The molecule has 0 aliphatic carbocycles. The van der Waals surface area contributed by atoms with E-state index >= 15 is 0 Å². The highest BCUT2D eigenvalue weighted by molar-refractivity contribution is 6.33. The van der Waals surface area contributed by atoms with Crippen LogP contribution in [-0.2, 0) is 4.79 Å². The van der Waals surface area contributed by atoms with Crippen molar-refractivity contribution >= 4 is 34.8 Å². The average molecular weight is 472 g/mol. The lowest BCUT2D eigenvalue weighted by atomic mass is 10.1. The number of amides is 2. The average Bonchev–Trinajstić information content (AvgIpc) is 2.79. The van der Waals surface area contributed by atoms with Gasteiger partial charge in [0.1, 0.15) is 5.75 Å². The zero-order valence-electron chi connectivity index (χ0n) is 19.9. The third kappa shape index (κ3) is 6.87. The van der Waals surface area contributed by atoms with E-state index < -0.39 is 0 Å². The van der Waals surface area contributed by atoms with Crippen molar-refractivity contribution in [2.24, 2.45) is 5.92 Å². The Morgan fingerprint density at radius 3 is 2.42 bits per heavy atom. The highest BCUT2D eigenvalue weighted by Gasteiger charge is 2.23. The molecule has 1 heterocycles. The van der Waals surface area contributed by atoms with Gasteiger partial charge in [0.05, 0.1) is 16.8 Å². The number of ether oxygens (including phenoxy) is 1. The fourth-order valence-electron chi connectivity index (χ4n) is 3.75. The fraction of sp³-hybridized carbons (Fsp3) is 0.462. The summed E-state index contributed by atoms with van der Waals surface area (Å²) < 4.78 is 5.82. The van der Waals surface area contributed by atoms with E-state index in [4.69, 9.17) is 16.3 Å². The number of rotatable bonds is 8. The molecular weight excluding hydrogens is 438 g/mol. The molecule has 33 heavy (non-hydrogen) atoms. The Labute approximate surface area is 201 Å². The molecule has 1 aliphatic rings. The summed E-state index contributed by atoms with van der Waals surface area (Å²) in [5.41, 5.74) is 2.07. The number of anilines is 2. The maximum atomic E-state index is 12.7. The first-order valence-electron chi connectivity index (χ1n) is 11.7. The molecule has 7 heteroatoms. The Bertz CT molecular complexity index is 971. The molecule has 2 aromatic carbocycles. The molecule has 1 N–H and O–H groups in total. The van der Waals surface area contributed by atoms with Crippen molar-refractivity contribution in [1.82, 2.24) is 4.90 Å². The van der Waals surface area contributed by atoms with E-state index in [1.165, 1.54) is 0 Å². The van der Waals surface area contributed by atoms with E-state index in [1.54, 1.807) is 18.2 Å². The molecule has 0 unspecified atom stereocenters. The van der Waals surface area contributed by atoms with Gasteiger partial charge in [-0.25, -0.2) is 0 Å². The summed E-state index contributed by atoms with van der Waals surface area (Å²) >= 11 is 6.56. The molecule has 0 spiro atoms. The van der Waals surface area contributed by atoms with Crippen LogP contribution in [0.2, 0.25) is 5.02 Å². The van der Waals surface area contributed by atoms with Crippen molar-refractivity contribution < 1.29 is 14.3 Å². The summed E-state index contributed by atoms with van der Waals surface area (Å²) in [6.45, 7) is 11.0. The maximum Gasteiger partial charge on any atom is 0.255 e. The Kier molecular flexibility index (Phi) is 8.61. The molecule has 0 radical (unpaired) electrons. The van der Waals surface area contributed by atoms with Crippen LogP contribution in [0, 0.1) is 5.92 Å². The second-order valence-corrected chi connectivity index (χ2v) is 9.36. The quantitative estimate of drug-likeness (QED) is 0.555. The summed E-state index contributed by atoms with van der Waals surface area (Å²) in [6.07, 6.45) is 1.57. The lowest BCUT2D eigenvalue weighted by molar-refractivity contribution is -0.132. The van der Waals surface area contributed by atoms with E-state index in [-0.39, 0.29) is 17.9 Å². The summed E-state index contributed by atoms with van der Waals surface area (Å²) in [5.74, 6) is 1.04. The molecule has 1 aliphatic heterocycles. The zero-order valence-corrected chi connectivity index (χ0v) is 20.7. The largest absolute Gasteiger partial charge is 0.491 e. The molecule has 1 saturated heterocycles. The summed E-state index contributed by atoms with van der Waals surface area (Å²) in [7, 11) is 0. The predicted molar refractivity (Wildman–Crippen MR) is 134 cm³/mol. The number of hydrogen-bond acceptors (Lipinski definition) is 4. The normalized spacial score (nSPS) is 14.8. The predicted octanol–water partition coefficient (Wildman–Crippen LogP) is 5.46. The third-order valence-corrected chi connectivity index (χ3v) is 6.07. The first kappa shape index (κ1) is 24.9. The molecule has 2 aromatic rings. The van der Waals surface area contributed by atoms with Crippen LogP contribution in [0.25, 0.3) is 0 Å². The Hall–Kier alpha value is -2.73. The van der Waals surface area contributed by atoms with E-state index in [2.05, 4.69) is 31.0 Å². The van der Waals surface area contributed by atoms with Crippen LogP contribution in [-0.4, -0.2) is 49.0 Å². The van der Waals surface area contributed by atoms with Gasteiger partial charge in [0.15, 0.2) is 0 Å². The summed E-state index contributed by atoms with van der Waals surface area (Å²) in [4.78, 5) is 29.2. The standard InChI is InChI=1S/C26H34ClN3O3/c1-5-19(4)33-22-8-6-7-20(16-22)26(32)28-21-9-10-24(23(27)17-21)29-11-13-30(14-12-29)25(31)15-18(2)3/h6-10,16-19H,5,11-15H2,1-4H3,(H,28,32)/t19-/m1/s1. The number of carbonyl (C=O) groups excluding carboxylic acids is 2. The van der Waals surface area contributed by atoms with Crippen molar-refractivity contribution in [1.29, 1.82) is 0 Å². The molecular formula is C26H34ClN3O3. The van der Waals surface area contributed by atoms with Gasteiger partial charge in [0.2, 0.25) is 5.91 Å². The molecule has 1 atom stereocenters. The van der Waals surface area contributed by atoms with Crippen molar-refractivity contribution in [3.8, 4) is 5.75 Å². The third-order valence-electron chi connectivity index (χ3n) is 5.77. The van der Waals surface area contributed by atoms with Crippen molar-refractivity contribution in [3.63, 3.8) is 0 Å². The molecule has 6 nitrogen and oxygen atoms in total. The molecule has 178 valence electrons. The maximum absolute atomic E-state index is 12.7. The smallest absolute Gasteiger partial charge is 0.255 e.